The zero-order valence-corrected chi connectivity index (χ0v) is 24.5. The lowest BCUT2D eigenvalue weighted by atomic mass is 10.1. The van der Waals surface area contributed by atoms with Gasteiger partial charge >= 0.3 is 11.9 Å². The number of hydrogen-bond acceptors (Lipinski definition) is 10. The van der Waals surface area contributed by atoms with Crippen LogP contribution in [0.1, 0.15) is 45.2 Å². The Morgan fingerprint density at radius 2 is 1.47 bits per heavy atom. The summed E-state index contributed by atoms with van der Waals surface area (Å²) in [4.78, 5) is 35.2. The SMILES string of the molecule is C=C(OCCOCOC)c1ccc(C(=O)Oc2ccc(C(=O)Oc3ccc(OCCCOO/C=C/C)cc3)c(C)c2)cc1. The number of carbonyl (C=O) groups excluding carboxylic acids is 2. The molecule has 3 aromatic rings. The quantitative estimate of drug-likeness (QED) is 0.0318. The Balaban J connectivity index is 1.47. The molecule has 0 aromatic heterocycles. The van der Waals surface area contributed by atoms with E-state index < -0.39 is 11.9 Å². The molecule has 0 saturated heterocycles. The topological polar surface area (TPSA) is 108 Å². The number of methoxy groups -OCH3 is 1. The summed E-state index contributed by atoms with van der Waals surface area (Å²) in [5, 5.41) is 0. The summed E-state index contributed by atoms with van der Waals surface area (Å²) < 4.78 is 32.2. The molecule has 0 saturated carbocycles. The Labute approximate surface area is 251 Å². The van der Waals surface area contributed by atoms with E-state index in [0.717, 1.165) is 5.56 Å². The standard InChI is InChI=1S/C33H36O10/c1-5-17-40-41-19-6-18-39-28-11-13-29(14-12-28)42-33(35)31-16-15-30(22-24(31)2)43-32(34)27-9-7-26(8-10-27)25(3)38-21-20-37-23-36-4/h5,7-17,22H,3,6,18-21,23H2,1-2,4H3/b17-5+. The highest BCUT2D eigenvalue weighted by atomic mass is 17.2. The lowest BCUT2D eigenvalue weighted by molar-refractivity contribution is -0.249. The number of aryl methyl sites for hydroxylation is 1. The molecule has 0 bridgehead atoms. The van der Waals surface area contributed by atoms with Gasteiger partial charge in [0, 0.05) is 19.1 Å². The molecule has 3 aromatic carbocycles. The molecule has 0 aliphatic heterocycles. The monoisotopic (exact) mass is 592 g/mol. The smallest absolute Gasteiger partial charge is 0.343 e. The highest BCUT2D eigenvalue weighted by Gasteiger charge is 2.15. The Kier molecular flexibility index (Phi) is 13.8. The lowest BCUT2D eigenvalue weighted by Crippen LogP contribution is -2.12. The molecule has 43 heavy (non-hydrogen) atoms. The third kappa shape index (κ3) is 11.3. The van der Waals surface area contributed by atoms with E-state index in [4.69, 9.17) is 38.2 Å². The van der Waals surface area contributed by atoms with Gasteiger partial charge in [0.15, 0.2) is 0 Å². The van der Waals surface area contributed by atoms with Gasteiger partial charge in [-0.3, -0.25) is 0 Å². The minimum Gasteiger partial charge on any atom is -0.494 e. The van der Waals surface area contributed by atoms with Crippen molar-refractivity contribution in [1.29, 1.82) is 0 Å². The summed E-state index contributed by atoms with van der Waals surface area (Å²) in [5.41, 5.74) is 2.01. The molecule has 10 nitrogen and oxygen atoms in total. The van der Waals surface area contributed by atoms with Crippen LogP contribution in [-0.4, -0.2) is 52.3 Å². The Morgan fingerprint density at radius 3 is 2.16 bits per heavy atom. The highest BCUT2D eigenvalue weighted by Crippen LogP contribution is 2.23. The van der Waals surface area contributed by atoms with Gasteiger partial charge in [0.1, 0.15) is 42.7 Å². The van der Waals surface area contributed by atoms with E-state index >= 15 is 0 Å². The van der Waals surface area contributed by atoms with Crippen LogP contribution >= 0.6 is 0 Å². The van der Waals surface area contributed by atoms with Crippen molar-refractivity contribution in [3.63, 3.8) is 0 Å². The molecule has 0 unspecified atom stereocenters. The molecule has 228 valence electrons. The van der Waals surface area contributed by atoms with Crippen molar-refractivity contribution in [3.05, 3.63) is 108 Å². The van der Waals surface area contributed by atoms with Gasteiger partial charge in [0.2, 0.25) is 0 Å². The first-order valence-electron chi connectivity index (χ1n) is 13.6. The van der Waals surface area contributed by atoms with E-state index in [0.29, 0.717) is 72.5 Å². The van der Waals surface area contributed by atoms with Crippen molar-refractivity contribution < 1.29 is 47.8 Å². The zero-order valence-electron chi connectivity index (χ0n) is 24.5. The largest absolute Gasteiger partial charge is 0.494 e. The van der Waals surface area contributed by atoms with Gasteiger partial charge in [-0.2, -0.15) is 4.89 Å². The van der Waals surface area contributed by atoms with Crippen LogP contribution in [0.15, 0.2) is 85.6 Å². The van der Waals surface area contributed by atoms with Gasteiger partial charge in [0.05, 0.1) is 30.9 Å². The Bertz CT molecular complexity index is 1350. The molecule has 0 atom stereocenters. The van der Waals surface area contributed by atoms with Crippen LogP contribution in [0.3, 0.4) is 0 Å². The van der Waals surface area contributed by atoms with Crippen LogP contribution < -0.4 is 14.2 Å². The maximum Gasteiger partial charge on any atom is 0.343 e. The normalized spacial score (nSPS) is 10.8. The average Bonchev–Trinajstić information content (AvgIpc) is 3.01. The molecule has 0 radical (unpaired) electrons. The highest BCUT2D eigenvalue weighted by molar-refractivity contribution is 5.94. The third-order valence-electron chi connectivity index (χ3n) is 5.71. The van der Waals surface area contributed by atoms with Gasteiger partial charge in [-0.05, 0) is 80.1 Å². The number of esters is 2. The molecule has 0 aliphatic carbocycles. The first kappa shape index (κ1) is 32.9. The van der Waals surface area contributed by atoms with Crippen molar-refractivity contribution >= 4 is 17.7 Å². The summed E-state index contributed by atoms with van der Waals surface area (Å²) in [6.45, 7) is 9.16. The van der Waals surface area contributed by atoms with E-state index in [9.17, 15) is 9.59 Å². The molecule has 0 heterocycles. The van der Waals surface area contributed by atoms with E-state index in [2.05, 4.69) is 6.58 Å². The molecule has 0 N–H and O–H groups in total. The lowest BCUT2D eigenvalue weighted by Gasteiger charge is -2.11. The molecule has 0 fully saturated rings. The van der Waals surface area contributed by atoms with Crippen molar-refractivity contribution in [2.45, 2.75) is 20.3 Å². The summed E-state index contributed by atoms with van der Waals surface area (Å²) in [5.74, 6) is 0.673. The van der Waals surface area contributed by atoms with Crippen LogP contribution in [0.2, 0.25) is 0 Å². The van der Waals surface area contributed by atoms with Crippen LogP contribution in [0.4, 0.5) is 0 Å². The zero-order chi connectivity index (χ0) is 30.9. The van der Waals surface area contributed by atoms with Gasteiger partial charge in [-0.25, -0.2) is 9.59 Å². The second kappa shape index (κ2) is 18.0. The average molecular weight is 593 g/mol. The second-order valence-electron chi connectivity index (χ2n) is 8.98. The minimum atomic E-state index is -0.544. The van der Waals surface area contributed by atoms with Gasteiger partial charge < -0.3 is 33.3 Å². The van der Waals surface area contributed by atoms with Crippen molar-refractivity contribution in [2.24, 2.45) is 0 Å². The van der Waals surface area contributed by atoms with Gasteiger partial charge in [-0.15, -0.1) is 0 Å². The maximum atomic E-state index is 12.8. The summed E-state index contributed by atoms with van der Waals surface area (Å²) >= 11 is 0. The predicted octanol–water partition coefficient (Wildman–Crippen LogP) is 6.29. The van der Waals surface area contributed by atoms with E-state index in [1.54, 1.807) is 86.8 Å². The number of allylic oxidation sites excluding steroid dienone is 1. The molecule has 0 amide bonds. The van der Waals surface area contributed by atoms with Crippen molar-refractivity contribution in [2.75, 3.05) is 40.3 Å². The van der Waals surface area contributed by atoms with Crippen LogP contribution in [0, 0.1) is 6.92 Å². The fourth-order valence-corrected chi connectivity index (χ4v) is 3.55. The van der Waals surface area contributed by atoms with Crippen molar-refractivity contribution in [1.82, 2.24) is 0 Å². The first-order valence-corrected chi connectivity index (χ1v) is 13.6. The number of hydrogen-bond donors (Lipinski definition) is 0. The first-order chi connectivity index (χ1) is 20.9. The van der Waals surface area contributed by atoms with Crippen LogP contribution in [0.5, 0.6) is 17.2 Å². The fraction of sp³-hybridized carbons (Fsp3) is 0.273. The summed E-state index contributed by atoms with van der Waals surface area (Å²) in [6.07, 6.45) is 3.82. The number of ether oxygens (including phenoxy) is 6. The summed E-state index contributed by atoms with van der Waals surface area (Å²) in [6, 6.07) is 18.1. The molecule has 10 heteroatoms. The predicted molar refractivity (Wildman–Crippen MR) is 159 cm³/mol. The molecule has 0 spiro atoms. The molecular formula is C33H36O10. The third-order valence-corrected chi connectivity index (χ3v) is 5.71. The van der Waals surface area contributed by atoms with E-state index in [-0.39, 0.29) is 6.79 Å². The van der Waals surface area contributed by atoms with Crippen LogP contribution in [-0.2, 0) is 24.0 Å². The van der Waals surface area contributed by atoms with E-state index in [1.165, 1.54) is 6.26 Å². The molecular weight excluding hydrogens is 556 g/mol. The second-order valence-corrected chi connectivity index (χ2v) is 8.98. The number of rotatable bonds is 18. The Morgan fingerprint density at radius 1 is 0.791 bits per heavy atom. The summed E-state index contributed by atoms with van der Waals surface area (Å²) in [7, 11) is 1.54. The molecule has 3 rings (SSSR count). The minimum absolute atomic E-state index is 0.191. The maximum absolute atomic E-state index is 12.8. The number of benzene rings is 3. The Hall–Kier alpha value is -4.64. The number of carbonyl (C=O) groups is 2. The van der Waals surface area contributed by atoms with Crippen LogP contribution in [0.25, 0.3) is 5.76 Å². The fourth-order valence-electron chi connectivity index (χ4n) is 3.55. The van der Waals surface area contributed by atoms with Crippen molar-refractivity contribution in [3.8, 4) is 17.2 Å². The van der Waals surface area contributed by atoms with E-state index in [1.807, 2.05) is 6.92 Å². The van der Waals surface area contributed by atoms with Gasteiger partial charge in [0.25, 0.3) is 0 Å². The van der Waals surface area contributed by atoms with Gasteiger partial charge in [-0.1, -0.05) is 18.7 Å². The molecule has 0 aliphatic rings.